The molecule has 0 fully saturated rings. The van der Waals surface area contributed by atoms with Gasteiger partial charge in [-0.1, -0.05) is 0 Å². The summed E-state index contributed by atoms with van der Waals surface area (Å²) in [5.74, 6) is -23.1. The van der Waals surface area contributed by atoms with Gasteiger partial charge in [-0.3, -0.25) is 0 Å². The van der Waals surface area contributed by atoms with Crippen LogP contribution < -0.4 is 0 Å². The maximum absolute atomic E-state index is 13.4. The lowest BCUT2D eigenvalue weighted by atomic mass is 10.0. The van der Waals surface area contributed by atoms with Gasteiger partial charge in [-0.15, -0.1) is 0 Å². The number of benzene rings is 2. The second-order valence-electron chi connectivity index (χ2n) is 4.60. The quantitative estimate of drug-likeness (QED) is 0.416. The van der Waals surface area contributed by atoms with Crippen LogP contribution in [-0.2, 0) is 12.8 Å². The van der Waals surface area contributed by atoms with Gasteiger partial charge in [0, 0.05) is 11.1 Å². The molecule has 0 aliphatic carbocycles. The van der Waals surface area contributed by atoms with E-state index in [9.17, 15) is 43.9 Å². The standard InChI is InChI=1S/C14H4F10/c15-5-3(6(16)10(20)13(23)9(5)19)1-2-4-7(17)11(21)14(24)12(22)8(4)18/h1-2H2. The van der Waals surface area contributed by atoms with Crippen LogP contribution in [0.5, 0.6) is 0 Å². The van der Waals surface area contributed by atoms with Crippen LogP contribution in [0.15, 0.2) is 0 Å². The van der Waals surface area contributed by atoms with Crippen molar-refractivity contribution >= 4 is 0 Å². The minimum absolute atomic E-state index is 1.19. The van der Waals surface area contributed by atoms with E-state index in [4.69, 9.17) is 0 Å². The van der Waals surface area contributed by atoms with E-state index in [1.54, 1.807) is 0 Å². The lowest BCUT2D eigenvalue weighted by molar-refractivity contribution is 0.364. The fraction of sp³-hybridized carbons (Fsp3) is 0.143. The Morgan fingerprint density at radius 1 is 0.292 bits per heavy atom. The maximum atomic E-state index is 13.4. The Bertz CT molecular complexity index is 700. The molecule has 10 heteroatoms. The van der Waals surface area contributed by atoms with Crippen LogP contribution in [0.4, 0.5) is 43.9 Å². The summed E-state index contributed by atoms with van der Waals surface area (Å²) in [6.07, 6.45) is -2.38. The third-order valence-electron chi connectivity index (χ3n) is 3.23. The topological polar surface area (TPSA) is 0 Å². The van der Waals surface area contributed by atoms with Crippen molar-refractivity contribution in [2.45, 2.75) is 12.8 Å². The van der Waals surface area contributed by atoms with Gasteiger partial charge in [-0.25, -0.2) is 43.9 Å². The summed E-state index contributed by atoms with van der Waals surface area (Å²) in [5, 5.41) is 0. The Hall–Kier alpha value is -2.26. The van der Waals surface area contributed by atoms with Crippen LogP contribution in [0, 0.1) is 58.2 Å². The Kier molecular flexibility index (Phi) is 4.77. The molecule has 0 bridgehead atoms. The molecule has 0 aliphatic heterocycles. The average molecular weight is 362 g/mol. The molecule has 24 heavy (non-hydrogen) atoms. The molecule has 0 unspecified atom stereocenters. The third kappa shape index (κ3) is 2.69. The molecular weight excluding hydrogens is 358 g/mol. The lowest BCUT2D eigenvalue weighted by Gasteiger charge is -2.10. The van der Waals surface area contributed by atoms with Gasteiger partial charge in [0.05, 0.1) is 0 Å². The number of halogens is 10. The molecule has 0 nitrogen and oxygen atoms in total. The van der Waals surface area contributed by atoms with E-state index in [0.717, 1.165) is 0 Å². The minimum atomic E-state index is -2.44. The highest BCUT2D eigenvalue weighted by molar-refractivity contribution is 5.28. The SMILES string of the molecule is Fc1c(F)c(F)c(CCc2c(F)c(F)c(F)c(F)c2F)c(F)c1F. The molecule has 0 amide bonds. The molecule has 0 aromatic heterocycles. The first-order valence-corrected chi connectivity index (χ1v) is 6.10. The second-order valence-corrected chi connectivity index (χ2v) is 4.60. The largest absolute Gasteiger partial charge is 0.203 e. The van der Waals surface area contributed by atoms with Crippen molar-refractivity contribution in [3.63, 3.8) is 0 Å². The van der Waals surface area contributed by atoms with Crippen LogP contribution in [-0.4, -0.2) is 0 Å². The zero-order valence-electron chi connectivity index (χ0n) is 11.2. The van der Waals surface area contributed by atoms with Crippen molar-refractivity contribution in [3.05, 3.63) is 69.3 Å². The smallest absolute Gasteiger partial charge is 0.200 e. The predicted molar refractivity (Wildman–Crippen MR) is 59.9 cm³/mol. The first-order valence-electron chi connectivity index (χ1n) is 6.10. The first-order chi connectivity index (χ1) is 11.1. The van der Waals surface area contributed by atoms with E-state index < -0.39 is 82.1 Å². The van der Waals surface area contributed by atoms with Gasteiger partial charge in [-0.05, 0) is 12.8 Å². The van der Waals surface area contributed by atoms with Crippen LogP contribution in [0.1, 0.15) is 11.1 Å². The molecule has 0 heterocycles. The van der Waals surface area contributed by atoms with Crippen LogP contribution in [0.3, 0.4) is 0 Å². The molecule has 0 aliphatic rings. The lowest BCUT2D eigenvalue weighted by Crippen LogP contribution is -2.11. The average Bonchev–Trinajstić information content (AvgIpc) is 2.57. The van der Waals surface area contributed by atoms with E-state index in [2.05, 4.69) is 0 Å². The first kappa shape index (κ1) is 18.1. The summed E-state index contributed by atoms with van der Waals surface area (Å²) in [6, 6.07) is 0. The van der Waals surface area contributed by atoms with E-state index in [0.29, 0.717) is 0 Å². The van der Waals surface area contributed by atoms with Gasteiger partial charge in [-0.2, -0.15) is 0 Å². The molecule has 0 spiro atoms. The van der Waals surface area contributed by atoms with Crippen molar-refractivity contribution in [1.82, 2.24) is 0 Å². The molecule has 0 saturated carbocycles. The Labute approximate surface area is 127 Å². The maximum Gasteiger partial charge on any atom is 0.200 e. The van der Waals surface area contributed by atoms with Crippen molar-refractivity contribution < 1.29 is 43.9 Å². The van der Waals surface area contributed by atoms with Crippen molar-refractivity contribution in [1.29, 1.82) is 0 Å². The molecule has 130 valence electrons. The molecule has 0 saturated heterocycles. The molecule has 0 N–H and O–H groups in total. The molecule has 2 rings (SSSR count). The fourth-order valence-electron chi connectivity index (χ4n) is 1.99. The van der Waals surface area contributed by atoms with Gasteiger partial charge in [0.25, 0.3) is 0 Å². The summed E-state index contributed by atoms with van der Waals surface area (Å²) in [6.45, 7) is 0. The molecule has 0 atom stereocenters. The summed E-state index contributed by atoms with van der Waals surface area (Å²) < 4.78 is 131. The second kappa shape index (κ2) is 6.33. The van der Waals surface area contributed by atoms with Gasteiger partial charge in [0.2, 0.25) is 11.6 Å². The summed E-state index contributed by atoms with van der Waals surface area (Å²) >= 11 is 0. The van der Waals surface area contributed by atoms with Crippen molar-refractivity contribution in [3.8, 4) is 0 Å². The van der Waals surface area contributed by atoms with Crippen LogP contribution in [0.25, 0.3) is 0 Å². The zero-order valence-corrected chi connectivity index (χ0v) is 11.2. The highest BCUT2D eigenvalue weighted by Gasteiger charge is 2.28. The van der Waals surface area contributed by atoms with Crippen LogP contribution >= 0.6 is 0 Å². The highest BCUT2D eigenvalue weighted by atomic mass is 19.2. The fourth-order valence-corrected chi connectivity index (χ4v) is 1.99. The molecular formula is C14H4F10. The molecule has 0 radical (unpaired) electrons. The summed E-state index contributed by atoms with van der Waals surface area (Å²) in [5.41, 5.74) is -2.87. The zero-order chi connectivity index (χ0) is 18.3. The summed E-state index contributed by atoms with van der Waals surface area (Å²) in [4.78, 5) is 0. The summed E-state index contributed by atoms with van der Waals surface area (Å²) in [7, 11) is 0. The van der Waals surface area contributed by atoms with E-state index in [1.165, 1.54) is 0 Å². The van der Waals surface area contributed by atoms with Crippen molar-refractivity contribution in [2.75, 3.05) is 0 Å². The number of hydrogen-bond donors (Lipinski definition) is 0. The number of rotatable bonds is 3. The number of hydrogen-bond acceptors (Lipinski definition) is 0. The Morgan fingerprint density at radius 3 is 0.667 bits per heavy atom. The van der Waals surface area contributed by atoms with Gasteiger partial charge < -0.3 is 0 Å². The minimum Gasteiger partial charge on any atom is -0.203 e. The van der Waals surface area contributed by atoms with Crippen molar-refractivity contribution in [2.24, 2.45) is 0 Å². The van der Waals surface area contributed by atoms with Gasteiger partial charge >= 0.3 is 0 Å². The molecule has 2 aromatic rings. The Balaban J connectivity index is 2.48. The normalized spacial score (nSPS) is 11.2. The van der Waals surface area contributed by atoms with Gasteiger partial charge in [0.1, 0.15) is 0 Å². The predicted octanol–water partition coefficient (Wildman–Crippen LogP) is 4.86. The van der Waals surface area contributed by atoms with E-state index >= 15 is 0 Å². The Morgan fingerprint density at radius 2 is 0.458 bits per heavy atom. The highest BCUT2D eigenvalue weighted by Crippen LogP contribution is 2.27. The van der Waals surface area contributed by atoms with E-state index in [1.807, 2.05) is 0 Å². The van der Waals surface area contributed by atoms with Gasteiger partial charge in [0.15, 0.2) is 46.5 Å². The van der Waals surface area contributed by atoms with Crippen LogP contribution in [0.2, 0.25) is 0 Å². The monoisotopic (exact) mass is 362 g/mol. The van der Waals surface area contributed by atoms with E-state index in [-0.39, 0.29) is 0 Å². The molecule has 2 aromatic carbocycles. The third-order valence-corrected chi connectivity index (χ3v) is 3.23.